The highest BCUT2D eigenvalue weighted by atomic mass is 16.4. The first-order chi connectivity index (χ1) is 11.0. The van der Waals surface area contributed by atoms with Gasteiger partial charge in [-0.15, -0.1) is 0 Å². The number of fused-ring (bicyclic) bond motifs is 1. The van der Waals surface area contributed by atoms with Crippen LogP contribution in [0.25, 0.3) is 10.9 Å². The number of nitrogens with one attached hydrogen (secondary N) is 1. The molecule has 124 valence electrons. The number of aryl methyl sites for hydroxylation is 1. The molecule has 2 rings (SSSR count). The monoisotopic (exact) mass is 316 g/mol. The molecule has 0 saturated carbocycles. The van der Waals surface area contributed by atoms with E-state index < -0.39 is 11.9 Å². The molecule has 1 heterocycles. The van der Waals surface area contributed by atoms with Crippen molar-refractivity contribution in [3.05, 3.63) is 35.5 Å². The van der Waals surface area contributed by atoms with Crippen molar-refractivity contribution < 1.29 is 14.7 Å². The number of carbonyl (C=O) groups excluding carboxylic acids is 1. The van der Waals surface area contributed by atoms with Crippen LogP contribution in [0.2, 0.25) is 0 Å². The molecule has 1 unspecified atom stereocenters. The van der Waals surface area contributed by atoms with Gasteiger partial charge in [-0.2, -0.15) is 0 Å². The first-order valence-electron chi connectivity index (χ1n) is 8.06. The predicted molar refractivity (Wildman–Crippen MR) is 90.4 cm³/mol. The molecule has 1 atom stereocenters. The zero-order valence-corrected chi connectivity index (χ0v) is 13.9. The summed E-state index contributed by atoms with van der Waals surface area (Å²) in [4.78, 5) is 28.4. The van der Waals surface area contributed by atoms with E-state index >= 15 is 0 Å². The lowest BCUT2D eigenvalue weighted by atomic mass is 10.0. The van der Waals surface area contributed by atoms with Gasteiger partial charge in [0.25, 0.3) is 0 Å². The van der Waals surface area contributed by atoms with Crippen molar-refractivity contribution in [2.45, 2.75) is 33.6 Å². The summed E-state index contributed by atoms with van der Waals surface area (Å²) in [5, 5.41) is 10.1. The van der Waals surface area contributed by atoms with Crippen LogP contribution in [0, 0.1) is 5.92 Å². The minimum Gasteiger partial charge on any atom is -0.481 e. The Bertz CT molecular complexity index is 705. The van der Waals surface area contributed by atoms with Crippen molar-refractivity contribution in [2.24, 2.45) is 5.92 Å². The standard InChI is InChI=1S/C18H24N2O3/c1-4-13-7-6-8-15-14(10-19-17(13)15)9-16(21)20(5-2)11-12(3)18(22)23/h6-8,10,12,19H,4-5,9,11H2,1-3H3,(H,22,23). The molecule has 0 aliphatic heterocycles. The number of aliphatic carboxylic acids is 1. The molecule has 0 radical (unpaired) electrons. The second-order valence-electron chi connectivity index (χ2n) is 5.86. The van der Waals surface area contributed by atoms with Crippen LogP contribution in [0.1, 0.15) is 31.9 Å². The molecule has 5 nitrogen and oxygen atoms in total. The summed E-state index contributed by atoms with van der Waals surface area (Å²) in [6.45, 7) is 6.35. The van der Waals surface area contributed by atoms with Gasteiger partial charge in [0, 0.05) is 30.2 Å². The number of carboxylic acid groups (broad SMARTS) is 1. The van der Waals surface area contributed by atoms with E-state index in [0.29, 0.717) is 6.54 Å². The summed E-state index contributed by atoms with van der Waals surface area (Å²) in [6.07, 6.45) is 3.10. The number of H-pyrrole nitrogens is 1. The number of hydrogen-bond donors (Lipinski definition) is 2. The molecule has 23 heavy (non-hydrogen) atoms. The minimum atomic E-state index is -0.879. The highest BCUT2D eigenvalue weighted by Crippen LogP contribution is 2.23. The van der Waals surface area contributed by atoms with E-state index in [1.807, 2.05) is 25.3 Å². The number of para-hydroxylation sites is 1. The smallest absolute Gasteiger partial charge is 0.308 e. The number of amides is 1. The van der Waals surface area contributed by atoms with Crippen LogP contribution in [0.3, 0.4) is 0 Å². The number of nitrogens with zero attached hydrogens (tertiary/aromatic N) is 1. The van der Waals surface area contributed by atoms with Crippen molar-refractivity contribution in [1.29, 1.82) is 0 Å². The van der Waals surface area contributed by atoms with Gasteiger partial charge in [0.2, 0.25) is 5.91 Å². The maximum Gasteiger partial charge on any atom is 0.308 e. The average Bonchev–Trinajstić information content (AvgIpc) is 2.95. The van der Waals surface area contributed by atoms with E-state index in [9.17, 15) is 9.59 Å². The SMILES string of the molecule is CCc1cccc2c(CC(=O)N(CC)CC(C)C(=O)O)c[nH]c12. The summed E-state index contributed by atoms with van der Waals surface area (Å²) in [5.41, 5.74) is 3.27. The van der Waals surface area contributed by atoms with E-state index in [-0.39, 0.29) is 18.9 Å². The lowest BCUT2D eigenvalue weighted by Crippen LogP contribution is -2.37. The van der Waals surface area contributed by atoms with Gasteiger partial charge in [-0.3, -0.25) is 9.59 Å². The average molecular weight is 316 g/mol. The molecule has 1 aromatic heterocycles. The normalized spacial score (nSPS) is 12.3. The van der Waals surface area contributed by atoms with E-state index in [2.05, 4.69) is 18.0 Å². The van der Waals surface area contributed by atoms with Crippen LogP contribution >= 0.6 is 0 Å². The molecule has 0 fully saturated rings. The Morgan fingerprint density at radius 1 is 1.26 bits per heavy atom. The van der Waals surface area contributed by atoms with Crippen molar-refractivity contribution in [3.8, 4) is 0 Å². The second-order valence-corrected chi connectivity index (χ2v) is 5.86. The molecule has 1 amide bonds. The number of hydrogen-bond acceptors (Lipinski definition) is 2. The quantitative estimate of drug-likeness (QED) is 0.825. The van der Waals surface area contributed by atoms with Crippen LogP contribution in [0.15, 0.2) is 24.4 Å². The van der Waals surface area contributed by atoms with Gasteiger partial charge in [0.15, 0.2) is 0 Å². The Balaban J connectivity index is 2.17. The molecular weight excluding hydrogens is 292 g/mol. The minimum absolute atomic E-state index is 0.0385. The van der Waals surface area contributed by atoms with E-state index in [1.165, 1.54) is 5.56 Å². The first kappa shape index (κ1) is 17.1. The van der Waals surface area contributed by atoms with Crippen molar-refractivity contribution in [3.63, 3.8) is 0 Å². The number of aromatic nitrogens is 1. The number of benzene rings is 1. The summed E-state index contributed by atoms with van der Waals surface area (Å²) in [7, 11) is 0. The maximum atomic E-state index is 12.5. The number of carboxylic acids is 1. The van der Waals surface area contributed by atoms with E-state index in [0.717, 1.165) is 22.9 Å². The highest BCUT2D eigenvalue weighted by Gasteiger charge is 2.20. The van der Waals surface area contributed by atoms with Gasteiger partial charge in [-0.1, -0.05) is 32.0 Å². The second kappa shape index (κ2) is 7.31. The topological polar surface area (TPSA) is 73.4 Å². The Hall–Kier alpha value is -2.30. The van der Waals surface area contributed by atoms with Crippen LogP contribution in [-0.2, 0) is 22.4 Å². The fourth-order valence-corrected chi connectivity index (χ4v) is 2.81. The van der Waals surface area contributed by atoms with Crippen LogP contribution in [0.5, 0.6) is 0 Å². The third kappa shape index (κ3) is 3.73. The molecule has 0 spiro atoms. The molecular formula is C18H24N2O3. The summed E-state index contributed by atoms with van der Waals surface area (Å²) in [6, 6.07) is 6.11. The van der Waals surface area contributed by atoms with Gasteiger partial charge in [-0.05, 0) is 24.5 Å². The molecule has 5 heteroatoms. The summed E-state index contributed by atoms with van der Waals surface area (Å²) < 4.78 is 0. The van der Waals surface area contributed by atoms with Crippen molar-refractivity contribution in [1.82, 2.24) is 9.88 Å². The van der Waals surface area contributed by atoms with Gasteiger partial charge in [-0.25, -0.2) is 0 Å². The third-order valence-corrected chi connectivity index (χ3v) is 4.26. The molecule has 0 aliphatic carbocycles. The summed E-state index contributed by atoms with van der Waals surface area (Å²) >= 11 is 0. The Kier molecular flexibility index (Phi) is 5.42. The van der Waals surface area contributed by atoms with Gasteiger partial charge in [0.05, 0.1) is 12.3 Å². The van der Waals surface area contributed by atoms with Gasteiger partial charge in [0.1, 0.15) is 0 Å². The first-order valence-corrected chi connectivity index (χ1v) is 8.06. The molecule has 2 N–H and O–H groups in total. The summed E-state index contributed by atoms with van der Waals surface area (Å²) in [5.74, 6) is -1.48. The van der Waals surface area contributed by atoms with Crippen LogP contribution < -0.4 is 0 Å². The number of likely N-dealkylation sites (N-methyl/N-ethyl adjacent to an activating group) is 1. The maximum absolute atomic E-state index is 12.5. The fourth-order valence-electron chi connectivity index (χ4n) is 2.81. The fraction of sp³-hybridized carbons (Fsp3) is 0.444. The van der Waals surface area contributed by atoms with E-state index in [1.54, 1.807) is 11.8 Å². The third-order valence-electron chi connectivity index (χ3n) is 4.26. The molecule has 0 aliphatic rings. The van der Waals surface area contributed by atoms with E-state index in [4.69, 9.17) is 5.11 Å². The Morgan fingerprint density at radius 3 is 2.61 bits per heavy atom. The molecule has 2 aromatic rings. The molecule has 1 aromatic carbocycles. The number of rotatable bonds is 7. The number of aromatic amines is 1. The molecule has 0 saturated heterocycles. The lowest BCUT2D eigenvalue weighted by molar-refractivity contribution is -0.142. The van der Waals surface area contributed by atoms with Crippen molar-refractivity contribution in [2.75, 3.05) is 13.1 Å². The van der Waals surface area contributed by atoms with Crippen molar-refractivity contribution >= 4 is 22.8 Å². The highest BCUT2D eigenvalue weighted by molar-refractivity contribution is 5.90. The zero-order valence-electron chi connectivity index (χ0n) is 13.9. The zero-order chi connectivity index (χ0) is 17.0. The van der Waals surface area contributed by atoms with Crippen LogP contribution in [-0.4, -0.2) is 40.0 Å². The Labute approximate surface area is 136 Å². The Morgan fingerprint density at radius 2 is 2.00 bits per heavy atom. The van der Waals surface area contributed by atoms with Crippen LogP contribution in [0.4, 0.5) is 0 Å². The number of carbonyl (C=O) groups is 2. The lowest BCUT2D eigenvalue weighted by Gasteiger charge is -2.22. The van der Waals surface area contributed by atoms with Gasteiger partial charge < -0.3 is 15.0 Å². The molecule has 0 bridgehead atoms. The van der Waals surface area contributed by atoms with Gasteiger partial charge >= 0.3 is 5.97 Å². The largest absolute Gasteiger partial charge is 0.481 e. The predicted octanol–water partition coefficient (Wildman–Crippen LogP) is 2.84.